The van der Waals surface area contributed by atoms with Gasteiger partial charge in [0.15, 0.2) is 11.6 Å². The molecule has 244 valence electrons. The van der Waals surface area contributed by atoms with Crippen molar-refractivity contribution < 1.29 is 22.7 Å². The molecule has 3 aromatic carbocycles. The van der Waals surface area contributed by atoms with Crippen LogP contribution in [0, 0.1) is 17.5 Å². The maximum Gasteiger partial charge on any atom is 0.355 e. The molecule has 48 heavy (non-hydrogen) atoms. The van der Waals surface area contributed by atoms with Gasteiger partial charge in [0.1, 0.15) is 11.6 Å². The van der Waals surface area contributed by atoms with Gasteiger partial charge in [-0.05, 0) is 42.0 Å². The minimum atomic E-state index is -1.42. The number of nitrogens with zero attached hydrogens (tertiary/aromatic N) is 8. The summed E-state index contributed by atoms with van der Waals surface area (Å²) in [6.45, 7) is -1.20. The monoisotopic (exact) mass is 677 g/mol. The van der Waals surface area contributed by atoms with Crippen LogP contribution in [0.25, 0.3) is 17.0 Å². The van der Waals surface area contributed by atoms with Gasteiger partial charge in [-0.3, -0.25) is 14.0 Å². The van der Waals surface area contributed by atoms with Crippen molar-refractivity contribution in [2.75, 3.05) is 12.4 Å². The van der Waals surface area contributed by atoms with E-state index in [1.807, 2.05) is 0 Å². The lowest BCUT2D eigenvalue weighted by Crippen LogP contribution is -2.43. The maximum absolute atomic E-state index is 14.8. The van der Waals surface area contributed by atoms with Crippen LogP contribution < -0.4 is 21.4 Å². The van der Waals surface area contributed by atoms with E-state index < -0.39 is 53.4 Å². The fraction of sp³-hybridized carbons (Fsp3) is 0.129. The summed E-state index contributed by atoms with van der Waals surface area (Å²) in [6, 6.07) is 11.0. The second-order valence-electron chi connectivity index (χ2n) is 10.4. The molecule has 0 spiro atoms. The van der Waals surface area contributed by atoms with E-state index in [0.29, 0.717) is 38.9 Å². The highest BCUT2D eigenvalue weighted by Gasteiger charge is 2.20. The molecule has 0 amide bonds. The molecule has 0 saturated carbocycles. The smallest absolute Gasteiger partial charge is 0.355 e. The molecule has 6 rings (SSSR count). The Labute approximate surface area is 273 Å². The second kappa shape index (κ2) is 13.0. The van der Waals surface area contributed by atoms with Gasteiger partial charge in [0.05, 0.1) is 48.3 Å². The number of anilines is 2. The number of benzene rings is 3. The molecule has 13 nitrogen and oxygen atoms in total. The van der Waals surface area contributed by atoms with Crippen LogP contribution in [0.3, 0.4) is 0 Å². The number of hydrogen-bond acceptors (Lipinski definition) is 9. The fourth-order valence-electron chi connectivity index (χ4n) is 4.81. The Kier molecular flexibility index (Phi) is 8.65. The van der Waals surface area contributed by atoms with Crippen LogP contribution in [-0.2, 0) is 20.1 Å². The highest BCUT2D eigenvalue weighted by molar-refractivity contribution is 6.34. The van der Waals surface area contributed by atoms with Crippen molar-refractivity contribution in [2.24, 2.45) is 7.05 Å². The first kappa shape index (κ1) is 31.9. The molecule has 0 aliphatic carbocycles. The molecule has 3 heterocycles. The molecule has 17 heteroatoms. The van der Waals surface area contributed by atoms with Gasteiger partial charge in [-0.2, -0.15) is 14.8 Å². The Morgan fingerprint density at radius 3 is 2.50 bits per heavy atom. The number of methoxy groups -OCH3 is 1. The number of nitrogens with one attached hydrogen (secondary N) is 1. The highest BCUT2D eigenvalue weighted by Crippen LogP contribution is 2.29. The molecule has 0 atom stereocenters. The number of hydrogen-bond donors (Lipinski definition) is 1. The molecule has 6 aromatic rings. The molecule has 0 bridgehead atoms. The fourth-order valence-corrected chi connectivity index (χ4v) is 5.01. The van der Waals surface area contributed by atoms with E-state index in [2.05, 4.69) is 25.7 Å². The zero-order chi connectivity index (χ0) is 34.1. The van der Waals surface area contributed by atoms with Gasteiger partial charge < -0.3 is 10.1 Å². The molecular formula is C31H23ClF3N9O4. The first-order valence-corrected chi connectivity index (χ1v) is 14.4. The number of halogens is 4. The quantitative estimate of drug-likeness (QED) is 0.176. The van der Waals surface area contributed by atoms with Gasteiger partial charge in [0.25, 0.3) is 5.91 Å². The molecular weight excluding hydrogens is 655 g/mol. The number of aryl methyl sites for hydroxylation is 1. The summed E-state index contributed by atoms with van der Waals surface area (Å²) >= 11 is 6.45. The van der Waals surface area contributed by atoms with Gasteiger partial charge in [-0.15, -0.1) is 5.10 Å². The standard InChI is InChI=1S/C31H23ClF3N9O4/c1-41-14-19-10-27(22(32)11-26(19)39-41)37-29-38-30(46)43(31(47)42(29)15-18-9-24(34)25(35)12-23(18)33)16-20-13-36-40-44(20)28(45)8-5-17-3-6-21(48-2)7-4-17/h3-14H,15-16H2,1-2H3,(H,37,38,46)/b8-5+. The van der Waals surface area contributed by atoms with Crippen molar-refractivity contribution in [3.05, 3.63) is 127 Å². The topological polar surface area (TPSA) is 144 Å². The van der Waals surface area contributed by atoms with Crippen LogP contribution in [0.15, 0.2) is 76.6 Å². The molecule has 0 fully saturated rings. The molecule has 0 aliphatic rings. The zero-order valence-corrected chi connectivity index (χ0v) is 25.8. The number of carbonyl (C=O) groups excluding carboxylic acids is 1. The lowest BCUT2D eigenvalue weighted by Gasteiger charge is -2.17. The van der Waals surface area contributed by atoms with Crippen molar-refractivity contribution in [3.63, 3.8) is 0 Å². The molecule has 0 radical (unpaired) electrons. The van der Waals surface area contributed by atoms with Crippen LogP contribution in [0.2, 0.25) is 5.02 Å². The van der Waals surface area contributed by atoms with Gasteiger partial charge in [-0.25, -0.2) is 27.3 Å². The molecule has 0 aliphatic heterocycles. The largest absolute Gasteiger partial charge is 0.497 e. The van der Waals surface area contributed by atoms with Crippen molar-refractivity contribution >= 4 is 46.1 Å². The Bertz CT molecular complexity index is 2350. The van der Waals surface area contributed by atoms with E-state index in [0.717, 1.165) is 9.25 Å². The number of carbonyl (C=O) groups is 1. The van der Waals surface area contributed by atoms with Crippen LogP contribution >= 0.6 is 11.6 Å². The van der Waals surface area contributed by atoms with E-state index in [4.69, 9.17) is 16.3 Å². The van der Waals surface area contributed by atoms with Crippen LogP contribution in [0.1, 0.15) is 21.6 Å². The van der Waals surface area contributed by atoms with Gasteiger partial charge in [-0.1, -0.05) is 28.9 Å². The average Bonchev–Trinajstić information content (AvgIpc) is 3.67. The van der Waals surface area contributed by atoms with Crippen molar-refractivity contribution in [1.82, 2.24) is 38.9 Å². The van der Waals surface area contributed by atoms with E-state index >= 15 is 0 Å². The van der Waals surface area contributed by atoms with E-state index in [1.165, 1.54) is 25.5 Å². The number of ether oxygens (including phenoxy) is 1. The van der Waals surface area contributed by atoms with Gasteiger partial charge in [0.2, 0.25) is 5.95 Å². The molecule has 3 aromatic heterocycles. The van der Waals surface area contributed by atoms with Crippen molar-refractivity contribution in [2.45, 2.75) is 13.1 Å². The normalized spacial score (nSPS) is 11.5. The SMILES string of the molecule is COc1ccc(/C=C/C(=O)n2nncc2Cn2c(=O)nc(Nc3cc4cn(C)nc4cc3Cl)n(Cc3cc(F)c(F)cc3F)c2=O)cc1. The molecule has 0 unspecified atom stereocenters. The summed E-state index contributed by atoms with van der Waals surface area (Å²) in [5, 5.41) is 15.4. The van der Waals surface area contributed by atoms with Crippen molar-refractivity contribution in [1.29, 1.82) is 0 Å². The Morgan fingerprint density at radius 2 is 1.75 bits per heavy atom. The molecule has 1 N–H and O–H groups in total. The number of allylic oxidation sites excluding steroid dienone is 1. The third-order valence-electron chi connectivity index (χ3n) is 7.20. The Balaban J connectivity index is 1.38. The lowest BCUT2D eigenvalue weighted by atomic mass is 10.2. The summed E-state index contributed by atoms with van der Waals surface area (Å²) in [5.41, 5.74) is -0.994. The first-order chi connectivity index (χ1) is 23.0. The van der Waals surface area contributed by atoms with E-state index in [1.54, 1.807) is 54.3 Å². The van der Waals surface area contributed by atoms with E-state index in [-0.39, 0.29) is 22.4 Å². The average molecular weight is 678 g/mol. The van der Waals surface area contributed by atoms with E-state index in [9.17, 15) is 27.6 Å². The van der Waals surface area contributed by atoms with Gasteiger partial charge in [0, 0.05) is 36.3 Å². The first-order valence-electron chi connectivity index (χ1n) is 14.0. The summed E-state index contributed by atoms with van der Waals surface area (Å²) < 4.78 is 51.7. The maximum atomic E-state index is 14.8. The third kappa shape index (κ3) is 6.46. The lowest BCUT2D eigenvalue weighted by molar-refractivity contribution is 0.0949. The summed E-state index contributed by atoms with van der Waals surface area (Å²) in [5.74, 6) is -4.30. The predicted molar refractivity (Wildman–Crippen MR) is 169 cm³/mol. The van der Waals surface area contributed by atoms with Crippen LogP contribution in [-0.4, -0.2) is 51.9 Å². The van der Waals surface area contributed by atoms with Gasteiger partial charge >= 0.3 is 11.4 Å². The molecule has 0 saturated heterocycles. The minimum absolute atomic E-state index is 0.0386. The summed E-state index contributed by atoms with van der Waals surface area (Å²) in [4.78, 5) is 44.2. The van der Waals surface area contributed by atoms with Crippen LogP contribution in [0.5, 0.6) is 5.75 Å². The summed E-state index contributed by atoms with van der Waals surface area (Å²) in [7, 11) is 3.24. The minimum Gasteiger partial charge on any atom is -0.497 e. The van der Waals surface area contributed by atoms with Crippen LogP contribution in [0.4, 0.5) is 24.8 Å². The zero-order valence-electron chi connectivity index (χ0n) is 25.1. The third-order valence-corrected chi connectivity index (χ3v) is 7.52. The second-order valence-corrected chi connectivity index (χ2v) is 10.8. The Morgan fingerprint density at radius 1 is 1.00 bits per heavy atom. The van der Waals surface area contributed by atoms with Crippen molar-refractivity contribution in [3.8, 4) is 5.75 Å². The number of rotatable bonds is 9. The number of fused-ring (bicyclic) bond motifs is 1. The highest BCUT2D eigenvalue weighted by atomic mass is 35.5. The Hall–Kier alpha value is -6.03. The predicted octanol–water partition coefficient (Wildman–Crippen LogP) is 4.16. The summed E-state index contributed by atoms with van der Waals surface area (Å²) in [6.07, 6.45) is 5.63. The number of aromatic nitrogens is 8.